The van der Waals surface area contributed by atoms with E-state index in [4.69, 9.17) is 0 Å². The van der Waals surface area contributed by atoms with Gasteiger partial charge in [-0.05, 0) is 123 Å². The van der Waals surface area contributed by atoms with Crippen LogP contribution in [0.5, 0.6) is 0 Å². The zero-order chi connectivity index (χ0) is 59.7. The molecule has 0 saturated carbocycles. The van der Waals surface area contributed by atoms with E-state index in [1.165, 1.54) is 50.2 Å². The lowest BCUT2D eigenvalue weighted by Gasteiger charge is -2.12. The molecule has 0 nitrogen and oxygen atoms in total. The molecule has 0 radical (unpaired) electrons. The molecule has 0 aliphatic carbocycles. The van der Waals surface area contributed by atoms with Gasteiger partial charge in [-0.15, -0.1) is 0 Å². The van der Waals surface area contributed by atoms with Crippen LogP contribution in [0.15, 0.2) is 60.7 Å². The van der Waals surface area contributed by atoms with E-state index in [9.17, 15) is 74.6 Å². The molecular weight excluding hydrogens is 1070 g/mol. The quantitative estimate of drug-likeness (QED) is 0.0769. The maximum atomic E-state index is 13.3. The van der Waals surface area contributed by atoms with Crippen LogP contribution in [0.1, 0.15) is 166 Å². The summed E-state index contributed by atoms with van der Waals surface area (Å²) in [6.07, 6.45) is 0.724. The van der Waals surface area contributed by atoms with Crippen LogP contribution in [0, 0.1) is 137 Å². The summed E-state index contributed by atoms with van der Waals surface area (Å²) in [7, 11) is 0. The average molecular weight is 1140 g/mol. The topological polar surface area (TPSA) is 0 Å². The predicted octanol–water partition coefficient (Wildman–Crippen LogP) is 21.6. The van der Waals surface area contributed by atoms with E-state index in [-0.39, 0.29) is 73.4 Å². The highest BCUT2D eigenvalue weighted by atomic mass is 19.2. The Bertz CT molecular complexity index is 2720. The molecular formula is C62H75F17. The summed E-state index contributed by atoms with van der Waals surface area (Å²) in [5.41, 5.74) is 1.23. The fraction of sp³-hybridized carbons (Fsp3) is 0.419. The number of hydrogen-bond donors (Lipinski definition) is 0. The molecule has 0 unspecified atom stereocenters. The van der Waals surface area contributed by atoms with Gasteiger partial charge in [-0.25, -0.2) is 74.6 Å². The van der Waals surface area contributed by atoms with Gasteiger partial charge in [0.15, 0.2) is 40.7 Å². The molecule has 0 aliphatic rings. The monoisotopic (exact) mass is 1140 g/mol. The van der Waals surface area contributed by atoms with Gasteiger partial charge in [-0.1, -0.05) is 116 Å². The number of hydrogen-bond acceptors (Lipinski definition) is 0. The van der Waals surface area contributed by atoms with E-state index in [2.05, 4.69) is 0 Å². The van der Waals surface area contributed by atoms with E-state index in [0.29, 0.717) is 30.5 Å². The fourth-order valence-corrected chi connectivity index (χ4v) is 7.47. The van der Waals surface area contributed by atoms with Crippen molar-refractivity contribution in [2.45, 2.75) is 156 Å². The van der Waals surface area contributed by atoms with Crippen LogP contribution in [-0.4, -0.2) is 0 Å². The Morgan fingerprint density at radius 1 is 0.304 bits per heavy atom. The third-order valence-electron chi connectivity index (χ3n) is 11.0. The molecule has 0 N–H and O–H groups in total. The molecule has 17 heteroatoms. The molecule has 79 heavy (non-hydrogen) atoms. The molecule has 0 fully saturated rings. The van der Waals surface area contributed by atoms with E-state index in [1.54, 1.807) is 40.7 Å². The minimum Gasteiger partial charge on any atom is -0.207 e. The summed E-state index contributed by atoms with van der Waals surface area (Å²) in [5.74, 6) is -19.4. The minimum atomic E-state index is -2.11. The van der Waals surface area contributed by atoms with Crippen molar-refractivity contribution >= 4 is 0 Å². The van der Waals surface area contributed by atoms with Gasteiger partial charge < -0.3 is 0 Å². The van der Waals surface area contributed by atoms with Crippen LogP contribution in [0.3, 0.4) is 0 Å². The molecule has 0 heterocycles. The Morgan fingerprint density at radius 3 is 0.987 bits per heavy atom. The first-order chi connectivity index (χ1) is 35.5. The van der Waals surface area contributed by atoms with Crippen molar-refractivity contribution in [2.75, 3.05) is 0 Å². The Labute approximate surface area is 456 Å². The highest BCUT2D eigenvalue weighted by molar-refractivity contribution is 5.32. The van der Waals surface area contributed by atoms with E-state index in [0.717, 1.165) is 18.1 Å². The van der Waals surface area contributed by atoms with Gasteiger partial charge in [-0.2, -0.15) is 0 Å². The highest BCUT2D eigenvalue weighted by Crippen LogP contribution is 2.30. The Balaban J connectivity index is 0. The fourth-order valence-electron chi connectivity index (χ4n) is 7.47. The second-order valence-electron chi connectivity index (χ2n) is 20.3. The number of aryl methyl sites for hydroxylation is 2. The van der Waals surface area contributed by atoms with Gasteiger partial charge in [0.1, 0.15) is 52.4 Å². The molecule has 0 saturated heterocycles. The molecule has 0 atom stereocenters. The summed E-state index contributed by atoms with van der Waals surface area (Å²) in [4.78, 5) is 0. The SMILES string of the molecule is C.C.CC(C)Cc1c(F)c(F)c(F)c(F)c1F.CC(C)Cc1c(F)cccc1F.CC(C)c1c(F)cc(F)cc1F.Cc1c(F)c(F)c(F)c(C(C)C)c1F.Cc1cc(F)c(CC(C)C)c(F)c1.Cc1cccc(F)c1C(C)C. The van der Waals surface area contributed by atoms with Crippen LogP contribution in [0.2, 0.25) is 0 Å². The molecule has 442 valence electrons. The molecule has 6 aromatic carbocycles. The zero-order valence-electron chi connectivity index (χ0n) is 45.8. The lowest BCUT2D eigenvalue weighted by Crippen LogP contribution is -2.09. The lowest BCUT2D eigenvalue weighted by molar-refractivity contribution is 0.366. The molecule has 6 aromatic rings. The van der Waals surface area contributed by atoms with Gasteiger partial charge in [-0.3, -0.25) is 0 Å². The van der Waals surface area contributed by atoms with Crippen LogP contribution < -0.4 is 0 Å². The molecule has 0 amide bonds. The highest BCUT2D eigenvalue weighted by Gasteiger charge is 2.26. The van der Waals surface area contributed by atoms with Crippen LogP contribution in [0.4, 0.5) is 74.6 Å². The van der Waals surface area contributed by atoms with E-state index < -0.39 is 116 Å². The summed E-state index contributed by atoms with van der Waals surface area (Å²) in [6, 6.07) is 13.3. The largest absolute Gasteiger partial charge is 0.207 e. The van der Waals surface area contributed by atoms with Crippen molar-refractivity contribution in [2.24, 2.45) is 17.8 Å². The van der Waals surface area contributed by atoms with E-state index in [1.807, 2.05) is 54.5 Å². The van der Waals surface area contributed by atoms with Crippen LogP contribution in [0.25, 0.3) is 0 Å². The normalized spacial score (nSPS) is 10.7. The van der Waals surface area contributed by atoms with Gasteiger partial charge in [0.25, 0.3) is 0 Å². The molecule has 6 rings (SSSR count). The first kappa shape index (κ1) is 75.2. The van der Waals surface area contributed by atoms with Crippen LogP contribution in [-0.2, 0) is 19.3 Å². The van der Waals surface area contributed by atoms with Gasteiger partial charge >= 0.3 is 0 Å². The summed E-state index contributed by atoms with van der Waals surface area (Å²) >= 11 is 0. The number of halogens is 17. The Hall–Kier alpha value is -5.87. The number of benzene rings is 6. The van der Waals surface area contributed by atoms with Crippen molar-refractivity contribution in [3.8, 4) is 0 Å². The molecule has 0 aromatic heterocycles. The van der Waals surface area contributed by atoms with Crippen molar-refractivity contribution < 1.29 is 74.6 Å². The van der Waals surface area contributed by atoms with E-state index >= 15 is 0 Å². The first-order valence-corrected chi connectivity index (χ1v) is 24.6. The summed E-state index contributed by atoms with van der Waals surface area (Å²) < 4.78 is 220. The number of rotatable bonds is 9. The van der Waals surface area contributed by atoms with Gasteiger partial charge in [0.2, 0.25) is 5.82 Å². The average Bonchev–Trinajstić information content (AvgIpc) is 3.30. The predicted molar refractivity (Wildman–Crippen MR) is 284 cm³/mol. The minimum absolute atomic E-state index is 0. The smallest absolute Gasteiger partial charge is 0.200 e. The van der Waals surface area contributed by atoms with Crippen LogP contribution >= 0.6 is 0 Å². The van der Waals surface area contributed by atoms with Crippen molar-refractivity contribution in [1.82, 2.24) is 0 Å². The first-order valence-electron chi connectivity index (χ1n) is 24.6. The van der Waals surface area contributed by atoms with Crippen molar-refractivity contribution in [3.63, 3.8) is 0 Å². The Morgan fingerprint density at radius 2 is 0.633 bits per heavy atom. The summed E-state index contributed by atoms with van der Waals surface area (Å²) in [6.45, 7) is 26.1. The maximum absolute atomic E-state index is 13.3. The zero-order valence-corrected chi connectivity index (χ0v) is 45.8. The Kier molecular flexibility index (Phi) is 32.7. The molecule has 0 aliphatic heterocycles. The van der Waals surface area contributed by atoms with Gasteiger partial charge in [0.05, 0.1) is 0 Å². The lowest BCUT2D eigenvalue weighted by atomic mass is 9.98. The second-order valence-corrected chi connectivity index (χ2v) is 20.3. The molecule has 0 bridgehead atoms. The van der Waals surface area contributed by atoms with Gasteiger partial charge in [0, 0.05) is 45.5 Å². The van der Waals surface area contributed by atoms with Crippen molar-refractivity contribution in [3.05, 3.63) is 210 Å². The third-order valence-corrected chi connectivity index (χ3v) is 11.0. The van der Waals surface area contributed by atoms with Crippen molar-refractivity contribution in [1.29, 1.82) is 0 Å². The third kappa shape index (κ3) is 22.3. The summed E-state index contributed by atoms with van der Waals surface area (Å²) in [5, 5.41) is 0. The standard InChI is InChI=1S/C11H14F2.C10H9F5.C10H10F4.C10H12F2.C10H13F.C9H9F3.2CH4/c1-7(2)4-9-10(12)5-8(3)6-11(9)13;1-4(2)3-5-6(11)8(13)10(15)9(14)7(5)12;1-4(2)6-7(11)5(3)8(12)10(14)9(6)13;1-7(2)6-8-9(11)4-3-5-10(8)12;1-7(2)10-8(3)5-4-6-9(10)11;1-5(2)9-7(11)3-6(10)4-8(9)12;;/h5-7H,4H2,1-3H3;4H,3H2,1-2H3;4H,1-3H3;3-5,7H,6H2,1-2H3;4-7H,1-3H3;3-5H,1-2H3;2*1H4. The maximum Gasteiger partial charge on any atom is 0.200 e. The second kappa shape index (κ2) is 34.3. The molecule has 0 spiro atoms.